The third-order valence-electron chi connectivity index (χ3n) is 3.13. The van der Waals surface area contributed by atoms with Gasteiger partial charge in [0.1, 0.15) is 0 Å². The first-order chi connectivity index (χ1) is 8.09. The maximum atomic E-state index is 11.8. The number of nitrogens with one attached hydrogen (secondary N) is 1. The molecule has 0 aliphatic heterocycles. The number of carbonyl (C=O) groups is 1. The van der Waals surface area contributed by atoms with E-state index in [1.807, 2.05) is 0 Å². The maximum absolute atomic E-state index is 11.8. The molecule has 5 nitrogen and oxygen atoms in total. The van der Waals surface area contributed by atoms with Gasteiger partial charge >= 0.3 is 5.69 Å². The molecule has 0 saturated heterocycles. The van der Waals surface area contributed by atoms with Crippen molar-refractivity contribution in [1.29, 1.82) is 0 Å². The number of aromatic amines is 1. The van der Waals surface area contributed by atoms with Gasteiger partial charge in [0.05, 0.1) is 5.56 Å². The molecule has 1 heterocycles. The highest BCUT2D eigenvalue weighted by Gasteiger charge is 2.20. The van der Waals surface area contributed by atoms with E-state index in [0.717, 1.165) is 23.3 Å². The summed E-state index contributed by atoms with van der Waals surface area (Å²) in [6, 6.07) is 0. The predicted molar refractivity (Wildman–Crippen MR) is 63.3 cm³/mol. The molecule has 1 aromatic rings. The molecular weight excluding hydrogens is 220 g/mol. The van der Waals surface area contributed by atoms with Gasteiger partial charge in [-0.3, -0.25) is 14.2 Å². The molecule has 0 radical (unpaired) electrons. The zero-order valence-electron chi connectivity index (χ0n) is 9.86. The van der Waals surface area contributed by atoms with Crippen molar-refractivity contribution in [2.24, 2.45) is 5.92 Å². The Hall–Kier alpha value is -1.65. The van der Waals surface area contributed by atoms with Crippen LogP contribution in [-0.4, -0.2) is 15.3 Å². The normalized spacial score (nSPS) is 14.9. The minimum Gasteiger partial charge on any atom is -0.313 e. The molecule has 0 unspecified atom stereocenters. The van der Waals surface area contributed by atoms with Crippen LogP contribution in [0, 0.1) is 5.92 Å². The second kappa shape index (κ2) is 4.69. The van der Waals surface area contributed by atoms with E-state index in [0.29, 0.717) is 6.54 Å². The monoisotopic (exact) mass is 236 g/mol. The van der Waals surface area contributed by atoms with Crippen LogP contribution >= 0.6 is 0 Å². The van der Waals surface area contributed by atoms with E-state index < -0.39 is 11.2 Å². The zero-order valence-corrected chi connectivity index (χ0v) is 9.86. The summed E-state index contributed by atoms with van der Waals surface area (Å²) < 4.78 is 1.12. The fourth-order valence-electron chi connectivity index (χ4n) is 1.91. The second-order valence-corrected chi connectivity index (χ2v) is 4.61. The van der Waals surface area contributed by atoms with Crippen LogP contribution in [-0.2, 0) is 6.54 Å². The number of hydrogen-bond acceptors (Lipinski definition) is 3. The molecule has 1 aliphatic carbocycles. The Morgan fingerprint density at radius 1 is 1.47 bits per heavy atom. The highest BCUT2D eigenvalue weighted by Crippen LogP contribution is 2.33. The van der Waals surface area contributed by atoms with Crippen LogP contribution in [0.5, 0.6) is 0 Å². The zero-order chi connectivity index (χ0) is 12.4. The molecule has 5 heteroatoms. The molecule has 1 saturated carbocycles. The molecule has 2 rings (SSSR count). The Morgan fingerprint density at radius 2 is 2.18 bits per heavy atom. The number of nitrogens with zero attached hydrogens (tertiary/aromatic N) is 1. The number of carbonyl (C=O) groups excluding carboxylic acids is 1. The third-order valence-corrected chi connectivity index (χ3v) is 3.13. The number of rotatable bonds is 5. The SMILES string of the molecule is CC(=O)c1c[nH]c(=O)n(CCCC2CC2)c1=O. The smallest absolute Gasteiger partial charge is 0.313 e. The van der Waals surface area contributed by atoms with E-state index in [9.17, 15) is 14.4 Å². The molecule has 0 atom stereocenters. The summed E-state index contributed by atoms with van der Waals surface area (Å²) in [7, 11) is 0. The van der Waals surface area contributed by atoms with Crippen LogP contribution in [0.1, 0.15) is 43.0 Å². The molecule has 1 aromatic heterocycles. The van der Waals surface area contributed by atoms with Gasteiger partial charge in [-0.05, 0) is 25.7 Å². The lowest BCUT2D eigenvalue weighted by Crippen LogP contribution is -2.37. The molecule has 0 spiro atoms. The summed E-state index contributed by atoms with van der Waals surface area (Å²) in [5.41, 5.74) is -0.858. The lowest BCUT2D eigenvalue weighted by atomic mass is 10.2. The maximum Gasteiger partial charge on any atom is 0.328 e. The summed E-state index contributed by atoms with van der Waals surface area (Å²) in [6.07, 6.45) is 5.59. The van der Waals surface area contributed by atoms with Gasteiger partial charge in [-0.25, -0.2) is 4.79 Å². The number of Topliss-reactive ketones (excluding diaryl/α,β-unsaturated/α-hetero) is 1. The number of hydrogen-bond donors (Lipinski definition) is 1. The summed E-state index contributed by atoms with van der Waals surface area (Å²) in [5.74, 6) is 0.461. The fourth-order valence-corrected chi connectivity index (χ4v) is 1.91. The first kappa shape index (κ1) is 11.8. The summed E-state index contributed by atoms with van der Waals surface area (Å²) >= 11 is 0. The van der Waals surface area contributed by atoms with Crippen LogP contribution in [0.2, 0.25) is 0 Å². The fraction of sp³-hybridized carbons (Fsp3) is 0.583. The molecule has 1 aliphatic rings. The van der Waals surface area contributed by atoms with E-state index >= 15 is 0 Å². The molecule has 1 N–H and O–H groups in total. The van der Waals surface area contributed by atoms with E-state index in [1.54, 1.807) is 0 Å². The van der Waals surface area contributed by atoms with Gasteiger partial charge in [-0.1, -0.05) is 12.8 Å². The van der Waals surface area contributed by atoms with Gasteiger partial charge in [-0.15, -0.1) is 0 Å². The highest BCUT2D eigenvalue weighted by molar-refractivity contribution is 5.93. The summed E-state index contributed by atoms with van der Waals surface area (Å²) in [4.78, 5) is 37.0. The van der Waals surface area contributed by atoms with Gasteiger partial charge < -0.3 is 4.98 Å². The third kappa shape index (κ3) is 2.72. The Balaban J connectivity index is 2.18. The molecule has 0 amide bonds. The quantitative estimate of drug-likeness (QED) is 0.773. The molecular formula is C12H16N2O3. The van der Waals surface area contributed by atoms with Crippen molar-refractivity contribution < 1.29 is 4.79 Å². The Morgan fingerprint density at radius 3 is 2.76 bits per heavy atom. The molecule has 92 valence electrons. The van der Waals surface area contributed by atoms with Gasteiger partial charge in [-0.2, -0.15) is 0 Å². The van der Waals surface area contributed by atoms with Crippen molar-refractivity contribution in [2.75, 3.05) is 0 Å². The lowest BCUT2D eigenvalue weighted by Gasteiger charge is -2.05. The second-order valence-electron chi connectivity index (χ2n) is 4.61. The van der Waals surface area contributed by atoms with E-state index in [-0.39, 0.29) is 11.3 Å². The van der Waals surface area contributed by atoms with Crippen LogP contribution in [0.25, 0.3) is 0 Å². The van der Waals surface area contributed by atoms with Gasteiger partial charge in [0.15, 0.2) is 5.78 Å². The minimum atomic E-state index is -0.475. The number of ketones is 1. The van der Waals surface area contributed by atoms with Crippen molar-refractivity contribution in [3.63, 3.8) is 0 Å². The Bertz CT molecular complexity index is 537. The van der Waals surface area contributed by atoms with E-state index in [4.69, 9.17) is 0 Å². The number of aromatic nitrogens is 2. The van der Waals surface area contributed by atoms with Gasteiger partial charge in [0, 0.05) is 12.7 Å². The van der Waals surface area contributed by atoms with Crippen molar-refractivity contribution in [3.05, 3.63) is 32.6 Å². The van der Waals surface area contributed by atoms with Crippen molar-refractivity contribution in [1.82, 2.24) is 9.55 Å². The van der Waals surface area contributed by atoms with Crippen molar-refractivity contribution in [2.45, 2.75) is 39.2 Å². The average Bonchev–Trinajstić information content (AvgIpc) is 3.06. The number of H-pyrrole nitrogens is 1. The minimum absolute atomic E-state index is 0.0519. The van der Waals surface area contributed by atoms with Crippen molar-refractivity contribution in [3.8, 4) is 0 Å². The Labute approximate surface area is 98.5 Å². The summed E-state index contributed by atoms with van der Waals surface area (Å²) in [5, 5.41) is 0. The van der Waals surface area contributed by atoms with E-state index in [1.165, 1.54) is 26.0 Å². The molecule has 1 fully saturated rings. The van der Waals surface area contributed by atoms with E-state index in [2.05, 4.69) is 4.98 Å². The largest absolute Gasteiger partial charge is 0.328 e. The lowest BCUT2D eigenvalue weighted by molar-refractivity contribution is 0.101. The Kier molecular flexibility index (Phi) is 3.26. The van der Waals surface area contributed by atoms with Crippen LogP contribution in [0.3, 0.4) is 0 Å². The van der Waals surface area contributed by atoms with Crippen LogP contribution in [0.15, 0.2) is 15.8 Å². The first-order valence-corrected chi connectivity index (χ1v) is 5.93. The molecule has 0 bridgehead atoms. The topological polar surface area (TPSA) is 71.9 Å². The average molecular weight is 236 g/mol. The highest BCUT2D eigenvalue weighted by atomic mass is 16.2. The van der Waals surface area contributed by atoms with Gasteiger partial charge in [0.2, 0.25) is 0 Å². The van der Waals surface area contributed by atoms with Crippen LogP contribution < -0.4 is 11.2 Å². The van der Waals surface area contributed by atoms with Gasteiger partial charge in [0.25, 0.3) is 5.56 Å². The molecule has 17 heavy (non-hydrogen) atoms. The standard InChI is InChI=1S/C12H16N2O3/c1-8(15)10-7-13-12(17)14(11(10)16)6-2-3-9-4-5-9/h7,9H,2-6H2,1H3,(H,13,17). The first-order valence-electron chi connectivity index (χ1n) is 5.93. The van der Waals surface area contributed by atoms with Crippen molar-refractivity contribution >= 4 is 5.78 Å². The predicted octanol–water partition coefficient (Wildman–Crippen LogP) is 0.929. The molecule has 0 aromatic carbocycles. The summed E-state index contributed by atoms with van der Waals surface area (Å²) in [6.45, 7) is 1.72. The van der Waals surface area contributed by atoms with Crippen LogP contribution in [0.4, 0.5) is 0 Å².